The predicted octanol–water partition coefficient (Wildman–Crippen LogP) is 3.74. The predicted molar refractivity (Wildman–Crippen MR) is 84.8 cm³/mol. The van der Waals surface area contributed by atoms with Gasteiger partial charge in [-0.05, 0) is 52.4 Å². The standard InChI is InChI=1S/C15H9ClINO2/c16-10-6-4-9(5-7-10)8-18-14(19)11-2-1-3-12(17)13(11)15(18)20/h1-7H,8H2. The van der Waals surface area contributed by atoms with Gasteiger partial charge in [-0.2, -0.15) is 0 Å². The van der Waals surface area contributed by atoms with Crippen LogP contribution in [0.4, 0.5) is 0 Å². The maximum Gasteiger partial charge on any atom is 0.262 e. The second-order valence-corrected chi connectivity index (χ2v) is 6.08. The maximum absolute atomic E-state index is 12.4. The van der Waals surface area contributed by atoms with Crippen LogP contribution in [0.1, 0.15) is 26.3 Å². The number of fused-ring (bicyclic) bond motifs is 1. The van der Waals surface area contributed by atoms with Gasteiger partial charge in [-0.1, -0.05) is 29.8 Å². The van der Waals surface area contributed by atoms with Gasteiger partial charge in [0.25, 0.3) is 11.8 Å². The number of hydrogen-bond acceptors (Lipinski definition) is 2. The van der Waals surface area contributed by atoms with Crippen LogP contribution in [0.2, 0.25) is 5.02 Å². The van der Waals surface area contributed by atoms with Crippen LogP contribution in [0.25, 0.3) is 0 Å². The van der Waals surface area contributed by atoms with E-state index in [4.69, 9.17) is 11.6 Å². The molecule has 100 valence electrons. The maximum atomic E-state index is 12.4. The normalized spacial score (nSPS) is 13.8. The molecule has 20 heavy (non-hydrogen) atoms. The molecule has 0 radical (unpaired) electrons. The van der Waals surface area contributed by atoms with Crippen molar-refractivity contribution in [3.63, 3.8) is 0 Å². The number of carbonyl (C=O) groups is 2. The fourth-order valence-corrected chi connectivity index (χ4v) is 3.06. The Morgan fingerprint density at radius 2 is 1.70 bits per heavy atom. The van der Waals surface area contributed by atoms with Crippen LogP contribution in [0.15, 0.2) is 42.5 Å². The summed E-state index contributed by atoms with van der Waals surface area (Å²) in [5, 5.41) is 0.630. The number of rotatable bonds is 2. The molecule has 3 nitrogen and oxygen atoms in total. The van der Waals surface area contributed by atoms with Gasteiger partial charge in [0, 0.05) is 8.59 Å². The molecule has 5 heteroatoms. The van der Waals surface area contributed by atoms with Crippen molar-refractivity contribution >= 4 is 46.0 Å². The first-order valence-corrected chi connectivity index (χ1v) is 7.43. The third-order valence-electron chi connectivity index (χ3n) is 3.20. The highest BCUT2D eigenvalue weighted by Crippen LogP contribution is 2.28. The van der Waals surface area contributed by atoms with Gasteiger partial charge in [0.1, 0.15) is 0 Å². The molecule has 0 saturated heterocycles. The minimum absolute atomic E-state index is 0.232. The lowest BCUT2D eigenvalue weighted by Crippen LogP contribution is -2.29. The zero-order chi connectivity index (χ0) is 14.3. The Labute approximate surface area is 134 Å². The highest BCUT2D eigenvalue weighted by molar-refractivity contribution is 14.1. The lowest BCUT2D eigenvalue weighted by molar-refractivity contribution is 0.0642. The molecule has 0 atom stereocenters. The first-order chi connectivity index (χ1) is 9.58. The zero-order valence-electron chi connectivity index (χ0n) is 10.3. The van der Waals surface area contributed by atoms with E-state index in [-0.39, 0.29) is 18.4 Å². The SMILES string of the molecule is O=C1c2cccc(I)c2C(=O)N1Cc1ccc(Cl)cc1. The molecule has 0 fully saturated rings. The molecule has 0 saturated carbocycles. The van der Waals surface area contributed by atoms with Crippen molar-refractivity contribution in [1.82, 2.24) is 4.90 Å². The van der Waals surface area contributed by atoms with Gasteiger partial charge < -0.3 is 0 Å². The minimum Gasteiger partial charge on any atom is -0.270 e. The van der Waals surface area contributed by atoms with Crippen LogP contribution >= 0.6 is 34.2 Å². The van der Waals surface area contributed by atoms with E-state index in [0.29, 0.717) is 16.1 Å². The highest BCUT2D eigenvalue weighted by atomic mass is 127. The average Bonchev–Trinajstić information content (AvgIpc) is 2.67. The molecule has 0 aliphatic carbocycles. The second kappa shape index (κ2) is 5.18. The number of hydrogen-bond donors (Lipinski definition) is 0. The molecule has 0 spiro atoms. The van der Waals surface area contributed by atoms with E-state index in [1.54, 1.807) is 24.3 Å². The third kappa shape index (κ3) is 2.23. The molecule has 0 bridgehead atoms. The Balaban J connectivity index is 1.94. The van der Waals surface area contributed by atoms with E-state index in [1.807, 2.05) is 18.2 Å². The summed E-state index contributed by atoms with van der Waals surface area (Å²) in [7, 11) is 0. The van der Waals surface area contributed by atoms with Crippen molar-refractivity contribution in [3.05, 3.63) is 67.7 Å². The minimum atomic E-state index is -0.238. The summed E-state index contributed by atoms with van der Waals surface area (Å²) < 4.78 is 0.803. The summed E-state index contributed by atoms with van der Waals surface area (Å²) in [6.45, 7) is 0.263. The summed E-state index contributed by atoms with van der Waals surface area (Å²) in [5.74, 6) is -0.469. The largest absolute Gasteiger partial charge is 0.270 e. The van der Waals surface area contributed by atoms with Crippen LogP contribution in [-0.2, 0) is 6.54 Å². The van der Waals surface area contributed by atoms with Crippen molar-refractivity contribution in [2.75, 3.05) is 0 Å². The van der Waals surface area contributed by atoms with Gasteiger partial charge >= 0.3 is 0 Å². The molecule has 1 heterocycles. The smallest absolute Gasteiger partial charge is 0.262 e. The Morgan fingerprint density at radius 3 is 2.35 bits per heavy atom. The third-order valence-corrected chi connectivity index (χ3v) is 4.35. The summed E-state index contributed by atoms with van der Waals surface area (Å²) in [4.78, 5) is 26.0. The average molecular weight is 398 g/mol. The first kappa shape index (κ1) is 13.6. The van der Waals surface area contributed by atoms with Crippen LogP contribution in [0, 0.1) is 3.57 Å². The number of benzene rings is 2. The van der Waals surface area contributed by atoms with E-state index in [1.165, 1.54) is 4.90 Å². The van der Waals surface area contributed by atoms with Crippen molar-refractivity contribution in [1.29, 1.82) is 0 Å². The van der Waals surface area contributed by atoms with Crippen molar-refractivity contribution in [2.24, 2.45) is 0 Å². The first-order valence-electron chi connectivity index (χ1n) is 5.97. The Hall–Kier alpha value is -1.40. The molecule has 0 N–H and O–H groups in total. The van der Waals surface area contributed by atoms with E-state index in [2.05, 4.69) is 22.6 Å². The van der Waals surface area contributed by atoms with Crippen LogP contribution in [0.3, 0.4) is 0 Å². The topological polar surface area (TPSA) is 37.4 Å². The Morgan fingerprint density at radius 1 is 1.00 bits per heavy atom. The van der Waals surface area contributed by atoms with Crippen LogP contribution in [-0.4, -0.2) is 16.7 Å². The van der Waals surface area contributed by atoms with E-state index in [0.717, 1.165) is 9.13 Å². The fraction of sp³-hybridized carbons (Fsp3) is 0.0667. The molecule has 2 aromatic carbocycles. The molecule has 0 unspecified atom stereocenters. The van der Waals surface area contributed by atoms with Crippen molar-refractivity contribution < 1.29 is 9.59 Å². The summed E-state index contributed by atoms with van der Waals surface area (Å²) in [6.07, 6.45) is 0. The molecule has 1 aliphatic rings. The quantitative estimate of drug-likeness (QED) is 0.572. The number of nitrogens with zero attached hydrogens (tertiary/aromatic N) is 1. The van der Waals surface area contributed by atoms with Crippen molar-refractivity contribution in [3.8, 4) is 0 Å². The molecule has 2 amide bonds. The molecular formula is C15H9ClINO2. The second-order valence-electron chi connectivity index (χ2n) is 4.49. The molecule has 1 aliphatic heterocycles. The number of amides is 2. The van der Waals surface area contributed by atoms with Crippen LogP contribution in [0.5, 0.6) is 0 Å². The Bertz CT molecular complexity index is 712. The summed E-state index contributed by atoms with van der Waals surface area (Å²) in [6, 6.07) is 12.4. The molecular weight excluding hydrogens is 389 g/mol. The van der Waals surface area contributed by atoms with E-state index in [9.17, 15) is 9.59 Å². The van der Waals surface area contributed by atoms with E-state index >= 15 is 0 Å². The lowest BCUT2D eigenvalue weighted by atomic mass is 10.1. The van der Waals surface area contributed by atoms with Crippen molar-refractivity contribution in [2.45, 2.75) is 6.54 Å². The van der Waals surface area contributed by atoms with Gasteiger partial charge in [-0.3, -0.25) is 14.5 Å². The Kier molecular flexibility index (Phi) is 3.52. The summed E-state index contributed by atoms with van der Waals surface area (Å²) in [5.41, 5.74) is 1.86. The summed E-state index contributed by atoms with van der Waals surface area (Å²) >= 11 is 7.91. The lowest BCUT2D eigenvalue weighted by Gasteiger charge is -2.13. The van der Waals surface area contributed by atoms with Gasteiger partial charge in [-0.15, -0.1) is 0 Å². The zero-order valence-corrected chi connectivity index (χ0v) is 13.2. The van der Waals surface area contributed by atoms with Crippen LogP contribution < -0.4 is 0 Å². The fourth-order valence-electron chi connectivity index (χ4n) is 2.21. The van der Waals surface area contributed by atoms with Gasteiger partial charge in [0.05, 0.1) is 17.7 Å². The van der Waals surface area contributed by atoms with Gasteiger partial charge in [-0.25, -0.2) is 0 Å². The number of halogens is 2. The van der Waals surface area contributed by atoms with E-state index < -0.39 is 0 Å². The molecule has 0 aromatic heterocycles. The van der Waals surface area contributed by atoms with Gasteiger partial charge in [0.2, 0.25) is 0 Å². The molecule has 3 rings (SSSR count). The monoisotopic (exact) mass is 397 g/mol. The number of imide groups is 1. The van der Waals surface area contributed by atoms with Gasteiger partial charge in [0.15, 0.2) is 0 Å². The highest BCUT2D eigenvalue weighted by Gasteiger charge is 2.36. The molecule has 2 aromatic rings. The number of carbonyl (C=O) groups excluding carboxylic acids is 2.